The van der Waals surface area contributed by atoms with Gasteiger partial charge in [0.2, 0.25) is 0 Å². The Bertz CT molecular complexity index is 228. The van der Waals surface area contributed by atoms with E-state index in [1.807, 2.05) is 0 Å². The lowest BCUT2D eigenvalue weighted by molar-refractivity contribution is 0.144. The number of nitrogens with one attached hydrogen (secondary N) is 1. The molecule has 3 heteroatoms. The standard InChI is InChI=1S/C16H33N3/c1-3-15-5-7-16(8-6-15)18(2)13-14-19-11-4-9-17-10-12-19/h15-17H,3-14H2,1-2H3. The van der Waals surface area contributed by atoms with E-state index in [9.17, 15) is 0 Å². The third-order valence-corrected chi connectivity index (χ3v) is 5.22. The second kappa shape index (κ2) is 8.23. The molecule has 0 spiro atoms. The van der Waals surface area contributed by atoms with E-state index < -0.39 is 0 Å². The number of likely N-dealkylation sites (N-methyl/N-ethyl adjacent to an activating group) is 1. The summed E-state index contributed by atoms with van der Waals surface area (Å²) in [5, 5.41) is 3.48. The molecule has 0 aromatic carbocycles. The third kappa shape index (κ3) is 5.05. The second-order valence-electron chi connectivity index (χ2n) is 6.51. The first kappa shape index (κ1) is 15.3. The summed E-state index contributed by atoms with van der Waals surface area (Å²) < 4.78 is 0. The van der Waals surface area contributed by atoms with Crippen molar-refractivity contribution in [2.75, 3.05) is 46.3 Å². The van der Waals surface area contributed by atoms with Gasteiger partial charge in [-0.2, -0.15) is 0 Å². The van der Waals surface area contributed by atoms with Crippen LogP contribution in [0.3, 0.4) is 0 Å². The molecule has 1 saturated carbocycles. The van der Waals surface area contributed by atoms with Crippen molar-refractivity contribution in [3.8, 4) is 0 Å². The summed E-state index contributed by atoms with van der Waals surface area (Å²) in [4.78, 5) is 5.26. The van der Waals surface area contributed by atoms with Crippen LogP contribution >= 0.6 is 0 Å². The van der Waals surface area contributed by atoms with Gasteiger partial charge in [0.05, 0.1) is 0 Å². The predicted molar refractivity (Wildman–Crippen MR) is 82.6 cm³/mol. The van der Waals surface area contributed by atoms with Crippen LogP contribution < -0.4 is 5.32 Å². The molecule has 1 aliphatic heterocycles. The quantitative estimate of drug-likeness (QED) is 0.824. The molecule has 2 aliphatic rings. The molecule has 0 unspecified atom stereocenters. The maximum atomic E-state index is 3.48. The zero-order valence-electron chi connectivity index (χ0n) is 13.0. The van der Waals surface area contributed by atoms with Crippen LogP contribution in [0, 0.1) is 5.92 Å². The largest absolute Gasteiger partial charge is 0.315 e. The number of hydrogen-bond acceptors (Lipinski definition) is 3. The Morgan fingerprint density at radius 1 is 1.11 bits per heavy atom. The molecule has 0 radical (unpaired) electrons. The van der Waals surface area contributed by atoms with Crippen LogP contribution in [-0.2, 0) is 0 Å². The molecule has 112 valence electrons. The molecule has 1 heterocycles. The summed E-state index contributed by atoms with van der Waals surface area (Å²) in [6.07, 6.45) is 8.47. The normalized spacial score (nSPS) is 30.5. The minimum Gasteiger partial charge on any atom is -0.315 e. The van der Waals surface area contributed by atoms with Crippen molar-refractivity contribution in [3.05, 3.63) is 0 Å². The van der Waals surface area contributed by atoms with E-state index in [1.54, 1.807) is 0 Å². The van der Waals surface area contributed by atoms with Crippen LogP contribution in [0.15, 0.2) is 0 Å². The Balaban J connectivity index is 1.64. The van der Waals surface area contributed by atoms with E-state index in [0.29, 0.717) is 0 Å². The fourth-order valence-corrected chi connectivity index (χ4v) is 3.60. The maximum absolute atomic E-state index is 3.48. The number of nitrogens with zero attached hydrogens (tertiary/aromatic N) is 2. The van der Waals surface area contributed by atoms with Crippen molar-refractivity contribution in [2.45, 2.75) is 51.5 Å². The molecular formula is C16H33N3. The van der Waals surface area contributed by atoms with Crippen LogP contribution in [0.2, 0.25) is 0 Å². The fraction of sp³-hybridized carbons (Fsp3) is 1.00. The molecule has 0 aromatic heterocycles. The Morgan fingerprint density at radius 3 is 2.63 bits per heavy atom. The van der Waals surface area contributed by atoms with Gasteiger partial charge >= 0.3 is 0 Å². The summed E-state index contributed by atoms with van der Waals surface area (Å²) in [6.45, 7) is 9.74. The van der Waals surface area contributed by atoms with E-state index in [0.717, 1.165) is 12.0 Å². The monoisotopic (exact) mass is 267 g/mol. The first-order valence-corrected chi connectivity index (χ1v) is 8.43. The SMILES string of the molecule is CCC1CCC(N(C)CCN2CCCNCC2)CC1. The predicted octanol–water partition coefficient (Wildman–Crippen LogP) is 2.18. The van der Waals surface area contributed by atoms with Crippen LogP contribution in [0.1, 0.15) is 45.4 Å². The molecule has 2 rings (SSSR count). The number of rotatable bonds is 5. The highest BCUT2D eigenvalue weighted by Crippen LogP contribution is 2.28. The average Bonchev–Trinajstić information content (AvgIpc) is 2.73. The molecule has 3 nitrogen and oxygen atoms in total. The number of hydrogen-bond donors (Lipinski definition) is 1. The molecule has 1 N–H and O–H groups in total. The lowest BCUT2D eigenvalue weighted by Gasteiger charge is -2.35. The second-order valence-corrected chi connectivity index (χ2v) is 6.51. The molecule has 0 aromatic rings. The van der Waals surface area contributed by atoms with Crippen molar-refractivity contribution in [1.82, 2.24) is 15.1 Å². The van der Waals surface area contributed by atoms with Crippen LogP contribution in [0.25, 0.3) is 0 Å². The van der Waals surface area contributed by atoms with Crippen molar-refractivity contribution in [3.63, 3.8) is 0 Å². The summed E-state index contributed by atoms with van der Waals surface area (Å²) in [6, 6.07) is 0.855. The van der Waals surface area contributed by atoms with Gasteiger partial charge in [-0.15, -0.1) is 0 Å². The molecule has 0 amide bonds. The lowest BCUT2D eigenvalue weighted by atomic mass is 9.84. The molecular weight excluding hydrogens is 234 g/mol. The van der Waals surface area contributed by atoms with Gasteiger partial charge in [-0.3, -0.25) is 0 Å². The van der Waals surface area contributed by atoms with Gasteiger partial charge in [-0.05, 0) is 58.2 Å². The Morgan fingerprint density at radius 2 is 1.89 bits per heavy atom. The molecule has 0 atom stereocenters. The van der Waals surface area contributed by atoms with E-state index in [2.05, 4.69) is 29.1 Å². The fourth-order valence-electron chi connectivity index (χ4n) is 3.60. The lowest BCUT2D eigenvalue weighted by Crippen LogP contribution is -2.41. The first-order chi connectivity index (χ1) is 9.29. The zero-order chi connectivity index (χ0) is 13.5. The van der Waals surface area contributed by atoms with Crippen molar-refractivity contribution in [2.24, 2.45) is 5.92 Å². The van der Waals surface area contributed by atoms with Gasteiger partial charge in [0, 0.05) is 32.2 Å². The average molecular weight is 267 g/mol. The highest BCUT2D eigenvalue weighted by atomic mass is 15.2. The van der Waals surface area contributed by atoms with Crippen molar-refractivity contribution in [1.29, 1.82) is 0 Å². The molecule has 2 fully saturated rings. The Kier molecular flexibility index (Phi) is 6.62. The highest BCUT2D eigenvalue weighted by molar-refractivity contribution is 4.78. The van der Waals surface area contributed by atoms with Gasteiger partial charge in [0.25, 0.3) is 0 Å². The highest BCUT2D eigenvalue weighted by Gasteiger charge is 2.23. The Labute approximate surface area is 119 Å². The molecule has 1 aliphatic carbocycles. The van der Waals surface area contributed by atoms with Gasteiger partial charge in [0.1, 0.15) is 0 Å². The first-order valence-electron chi connectivity index (χ1n) is 8.43. The van der Waals surface area contributed by atoms with E-state index in [4.69, 9.17) is 0 Å². The Hall–Kier alpha value is -0.120. The minimum absolute atomic E-state index is 0.855. The topological polar surface area (TPSA) is 18.5 Å². The molecule has 1 saturated heterocycles. The molecule has 19 heavy (non-hydrogen) atoms. The van der Waals surface area contributed by atoms with Crippen LogP contribution in [0.5, 0.6) is 0 Å². The van der Waals surface area contributed by atoms with E-state index in [1.165, 1.54) is 77.8 Å². The minimum atomic E-state index is 0.855. The summed E-state index contributed by atoms with van der Waals surface area (Å²) in [5.41, 5.74) is 0. The zero-order valence-corrected chi connectivity index (χ0v) is 13.0. The van der Waals surface area contributed by atoms with Crippen LogP contribution in [-0.4, -0.2) is 62.2 Å². The molecule has 0 bridgehead atoms. The van der Waals surface area contributed by atoms with Gasteiger partial charge < -0.3 is 15.1 Å². The van der Waals surface area contributed by atoms with Gasteiger partial charge in [-0.25, -0.2) is 0 Å². The van der Waals surface area contributed by atoms with E-state index in [-0.39, 0.29) is 0 Å². The summed E-state index contributed by atoms with van der Waals surface area (Å²) in [5.74, 6) is 1.02. The van der Waals surface area contributed by atoms with E-state index >= 15 is 0 Å². The summed E-state index contributed by atoms with van der Waals surface area (Å²) >= 11 is 0. The van der Waals surface area contributed by atoms with Crippen LogP contribution in [0.4, 0.5) is 0 Å². The van der Waals surface area contributed by atoms with Crippen molar-refractivity contribution < 1.29 is 0 Å². The summed E-state index contributed by atoms with van der Waals surface area (Å²) in [7, 11) is 2.34. The third-order valence-electron chi connectivity index (χ3n) is 5.22. The maximum Gasteiger partial charge on any atom is 0.0110 e. The van der Waals surface area contributed by atoms with Gasteiger partial charge in [-0.1, -0.05) is 13.3 Å². The smallest absolute Gasteiger partial charge is 0.0110 e. The van der Waals surface area contributed by atoms with Crippen molar-refractivity contribution >= 4 is 0 Å². The van der Waals surface area contributed by atoms with Gasteiger partial charge in [0.15, 0.2) is 0 Å².